The molecule has 0 aliphatic heterocycles. The van der Waals surface area contributed by atoms with Crippen LogP contribution in [0.3, 0.4) is 0 Å². The lowest BCUT2D eigenvalue weighted by atomic mass is 10.2. The lowest BCUT2D eigenvalue weighted by molar-refractivity contribution is 1.16. The molecule has 2 aromatic carbocycles. The standard InChI is InChI=1S/C17H11Cl2N5/c18-13-5-2-6-14(19)16(13)23-15-7-8-21-17(24-15)22-12-4-1-3-11(9-12)10-20/h1-9H,(H2,21,22,23,24). The second-order valence-corrected chi connectivity index (χ2v) is 5.62. The molecule has 0 aliphatic carbocycles. The first-order valence-corrected chi connectivity index (χ1v) is 7.72. The lowest BCUT2D eigenvalue weighted by Crippen LogP contribution is -2.01. The highest BCUT2D eigenvalue weighted by molar-refractivity contribution is 6.39. The van der Waals surface area contributed by atoms with Gasteiger partial charge in [-0.1, -0.05) is 35.3 Å². The summed E-state index contributed by atoms with van der Waals surface area (Å²) in [5, 5.41) is 16.1. The number of anilines is 4. The fraction of sp³-hybridized carbons (Fsp3) is 0. The first-order chi connectivity index (χ1) is 11.7. The second-order valence-electron chi connectivity index (χ2n) is 4.80. The smallest absolute Gasteiger partial charge is 0.229 e. The van der Waals surface area contributed by atoms with Crippen LogP contribution in [0, 0.1) is 11.3 Å². The normalized spacial score (nSPS) is 10.0. The van der Waals surface area contributed by atoms with Gasteiger partial charge in [0.2, 0.25) is 5.95 Å². The predicted octanol–water partition coefficient (Wildman–Crippen LogP) is 5.14. The monoisotopic (exact) mass is 355 g/mol. The summed E-state index contributed by atoms with van der Waals surface area (Å²) in [6, 6.07) is 16.1. The van der Waals surface area contributed by atoms with Crippen molar-refractivity contribution in [3.05, 3.63) is 70.3 Å². The molecule has 0 bridgehead atoms. The summed E-state index contributed by atoms with van der Waals surface area (Å²) in [5.41, 5.74) is 1.86. The van der Waals surface area contributed by atoms with Crippen LogP contribution < -0.4 is 10.6 Å². The Bertz CT molecular complexity index is 901. The van der Waals surface area contributed by atoms with Gasteiger partial charge < -0.3 is 10.6 Å². The Kier molecular flexibility index (Phi) is 4.80. The van der Waals surface area contributed by atoms with Crippen LogP contribution in [0.15, 0.2) is 54.7 Å². The van der Waals surface area contributed by atoms with E-state index in [1.165, 1.54) is 0 Å². The molecule has 0 aliphatic rings. The van der Waals surface area contributed by atoms with Gasteiger partial charge in [-0.15, -0.1) is 0 Å². The van der Waals surface area contributed by atoms with Crippen molar-refractivity contribution in [1.82, 2.24) is 9.97 Å². The van der Waals surface area contributed by atoms with Crippen molar-refractivity contribution >= 4 is 46.3 Å². The van der Waals surface area contributed by atoms with Gasteiger partial charge in [0, 0.05) is 11.9 Å². The third-order valence-electron chi connectivity index (χ3n) is 3.12. The van der Waals surface area contributed by atoms with Gasteiger partial charge in [-0.2, -0.15) is 10.2 Å². The zero-order valence-corrected chi connectivity index (χ0v) is 13.8. The van der Waals surface area contributed by atoms with Crippen molar-refractivity contribution in [2.75, 3.05) is 10.6 Å². The summed E-state index contributed by atoms with van der Waals surface area (Å²) in [5.74, 6) is 0.928. The molecule has 0 fully saturated rings. The third-order valence-corrected chi connectivity index (χ3v) is 3.75. The molecule has 5 nitrogen and oxygen atoms in total. The highest BCUT2D eigenvalue weighted by Gasteiger charge is 2.07. The fourth-order valence-electron chi connectivity index (χ4n) is 2.03. The van der Waals surface area contributed by atoms with E-state index in [2.05, 4.69) is 26.7 Å². The van der Waals surface area contributed by atoms with Crippen molar-refractivity contribution in [2.45, 2.75) is 0 Å². The Morgan fingerprint density at radius 3 is 2.46 bits per heavy atom. The fourth-order valence-corrected chi connectivity index (χ4v) is 2.52. The average molecular weight is 356 g/mol. The van der Waals surface area contributed by atoms with Crippen LogP contribution >= 0.6 is 23.2 Å². The largest absolute Gasteiger partial charge is 0.338 e. The first kappa shape index (κ1) is 16.1. The summed E-state index contributed by atoms with van der Waals surface area (Å²) in [6.07, 6.45) is 1.61. The highest BCUT2D eigenvalue weighted by atomic mass is 35.5. The summed E-state index contributed by atoms with van der Waals surface area (Å²) in [4.78, 5) is 8.53. The summed E-state index contributed by atoms with van der Waals surface area (Å²) in [7, 11) is 0. The van der Waals surface area contributed by atoms with Gasteiger partial charge in [-0.05, 0) is 36.4 Å². The molecule has 2 N–H and O–H groups in total. The maximum atomic E-state index is 8.94. The van der Waals surface area contributed by atoms with Crippen molar-refractivity contribution in [2.24, 2.45) is 0 Å². The molecule has 0 unspecified atom stereocenters. The number of halogens is 2. The van der Waals surface area contributed by atoms with Gasteiger partial charge in [-0.25, -0.2) is 4.98 Å². The molecule has 3 aromatic rings. The van der Waals surface area contributed by atoms with E-state index in [1.54, 1.807) is 48.7 Å². The maximum absolute atomic E-state index is 8.94. The minimum atomic E-state index is 0.387. The number of para-hydroxylation sites is 1. The molecule has 0 saturated carbocycles. The number of hydrogen-bond acceptors (Lipinski definition) is 5. The number of aromatic nitrogens is 2. The molecule has 1 heterocycles. The number of nitriles is 1. The Labute approximate surface area is 148 Å². The predicted molar refractivity (Wildman–Crippen MR) is 96.2 cm³/mol. The van der Waals surface area contributed by atoms with E-state index in [-0.39, 0.29) is 0 Å². The van der Waals surface area contributed by atoms with E-state index >= 15 is 0 Å². The topological polar surface area (TPSA) is 73.6 Å². The quantitative estimate of drug-likeness (QED) is 0.677. The van der Waals surface area contributed by atoms with Crippen LogP contribution in [-0.2, 0) is 0 Å². The van der Waals surface area contributed by atoms with E-state index in [0.29, 0.717) is 33.1 Å². The van der Waals surface area contributed by atoms with E-state index in [9.17, 15) is 0 Å². The van der Waals surface area contributed by atoms with Crippen molar-refractivity contribution in [3.63, 3.8) is 0 Å². The second kappa shape index (κ2) is 7.18. The zero-order chi connectivity index (χ0) is 16.9. The Hall–Kier alpha value is -2.81. The van der Waals surface area contributed by atoms with Crippen LogP contribution in [-0.4, -0.2) is 9.97 Å². The number of nitrogens with one attached hydrogen (secondary N) is 2. The minimum absolute atomic E-state index is 0.387. The van der Waals surface area contributed by atoms with E-state index < -0.39 is 0 Å². The number of nitrogens with zero attached hydrogens (tertiary/aromatic N) is 3. The number of rotatable bonds is 4. The van der Waals surface area contributed by atoms with Gasteiger partial charge in [-0.3, -0.25) is 0 Å². The molecule has 0 amide bonds. The molecule has 3 rings (SSSR count). The summed E-state index contributed by atoms with van der Waals surface area (Å²) >= 11 is 12.3. The maximum Gasteiger partial charge on any atom is 0.229 e. The third kappa shape index (κ3) is 3.74. The van der Waals surface area contributed by atoms with Gasteiger partial charge in [0.25, 0.3) is 0 Å². The van der Waals surface area contributed by atoms with Crippen molar-refractivity contribution < 1.29 is 0 Å². The van der Waals surface area contributed by atoms with Crippen LogP contribution in [0.1, 0.15) is 5.56 Å². The zero-order valence-electron chi connectivity index (χ0n) is 12.3. The van der Waals surface area contributed by atoms with Crippen LogP contribution in [0.2, 0.25) is 10.0 Å². The summed E-state index contributed by atoms with van der Waals surface area (Å²) in [6.45, 7) is 0. The number of benzene rings is 2. The molecule has 7 heteroatoms. The Morgan fingerprint density at radius 1 is 0.958 bits per heavy atom. The van der Waals surface area contributed by atoms with E-state index in [0.717, 1.165) is 5.69 Å². The van der Waals surface area contributed by atoms with Crippen LogP contribution in [0.5, 0.6) is 0 Å². The molecule has 118 valence electrons. The molecule has 1 aromatic heterocycles. The SMILES string of the molecule is N#Cc1cccc(Nc2nccc(Nc3c(Cl)cccc3Cl)n2)c1. The van der Waals surface area contributed by atoms with Crippen LogP contribution in [0.25, 0.3) is 0 Å². The Morgan fingerprint density at radius 2 is 1.71 bits per heavy atom. The number of hydrogen-bond donors (Lipinski definition) is 2. The molecule has 24 heavy (non-hydrogen) atoms. The molecule has 0 saturated heterocycles. The van der Waals surface area contributed by atoms with E-state index in [1.807, 2.05) is 6.07 Å². The van der Waals surface area contributed by atoms with Gasteiger partial charge in [0.05, 0.1) is 27.4 Å². The minimum Gasteiger partial charge on any atom is -0.338 e. The molecular formula is C17H11Cl2N5. The molecule has 0 atom stereocenters. The van der Waals surface area contributed by atoms with Crippen LogP contribution in [0.4, 0.5) is 23.1 Å². The van der Waals surface area contributed by atoms with Crippen molar-refractivity contribution in [3.8, 4) is 6.07 Å². The molecular weight excluding hydrogens is 345 g/mol. The van der Waals surface area contributed by atoms with Crippen molar-refractivity contribution in [1.29, 1.82) is 5.26 Å². The van der Waals surface area contributed by atoms with Gasteiger partial charge in [0.15, 0.2) is 0 Å². The summed E-state index contributed by atoms with van der Waals surface area (Å²) < 4.78 is 0. The highest BCUT2D eigenvalue weighted by Crippen LogP contribution is 2.32. The first-order valence-electron chi connectivity index (χ1n) is 6.97. The molecule has 0 radical (unpaired) electrons. The van der Waals surface area contributed by atoms with Gasteiger partial charge >= 0.3 is 0 Å². The lowest BCUT2D eigenvalue weighted by Gasteiger charge is -2.11. The van der Waals surface area contributed by atoms with E-state index in [4.69, 9.17) is 28.5 Å². The average Bonchev–Trinajstić information content (AvgIpc) is 2.59. The van der Waals surface area contributed by atoms with Gasteiger partial charge in [0.1, 0.15) is 5.82 Å². The molecule has 0 spiro atoms. The Balaban J connectivity index is 1.83.